The summed E-state index contributed by atoms with van der Waals surface area (Å²) >= 11 is 1.84. The van der Waals surface area contributed by atoms with E-state index in [0.717, 1.165) is 11.0 Å². The van der Waals surface area contributed by atoms with Crippen molar-refractivity contribution in [2.24, 2.45) is 0 Å². The maximum absolute atomic E-state index is 5.92. The van der Waals surface area contributed by atoms with Crippen molar-refractivity contribution in [1.82, 2.24) is 0 Å². The van der Waals surface area contributed by atoms with Gasteiger partial charge in [0.25, 0.3) is 0 Å². The molecule has 186 valence electrons. The number of benzene rings is 7. The number of rotatable bonds is 2. The monoisotopic (exact) mass is 526 g/mol. The van der Waals surface area contributed by atoms with Crippen molar-refractivity contribution in [2.45, 2.75) is 0 Å². The molecule has 40 heavy (non-hydrogen) atoms. The predicted octanol–water partition coefficient (Wildman–Crippen LogP) is 11.6. The van der Waals surface area contributed by atoms with Crippen molar-refractivity contribution < 1.29 is 4.42 Å². The Morgan fingerprint density at radius 1 is 0.425 bits per heavy atom. The Morgan fingerprint density at radius 3 is 1.75 bits per heavy atom. The number of hydrogen-bond acceptors (Lipinski definition) is 2. The summed E-state index contributed by atoms with van der Waals surface area (Å²) in [5.41, 5.74) is 6.06. The fourth-order valence-corrected chi connectivity index (χ4v) is 7.68. The van der Waals surface area contributed by atoms with Crippen molar-refractivity contribution in [3.63, 3.8) is 0 Å². The van der Waals surface area contributed by atoms with Gasteiger partial charge in [0.15, 0.2) is 0 Å². The van der Waals surface area contributed by atoms with Gasteiger partial charge in [-0.3, -0.25) is 0 Å². The highest BCUT2D eigenvalue weighted by Crippen LogP contribution is 2.46. The van der Waals surface area contributed by atoms with Crippen LogP contribution < -0.4 is 0 Å². The molecule has 9 rings (SSSR count). The summed E-state index contributed by atoms with van der Waals surface area (Å²) in [4.78, 5) is 0. The van der Waals surface area contributed by atoms with Crippen LogP contribution in [0.2, 0.25) is 0 Å². The van der Waals surface area contributed by atoms with Crippen LogP contribution in [0.4, 0.5) is 0 Å². The molecule has 0 aliphatic rings. The molecule has 2 heteroatoms. The lowest BCUT2D eigenvalue weighted by molar-refractivity contribution is 0.619. The summed E-state index contributed by atoms with van der Waals surface area (Å²) in [6, 6.07) is 46.6. The third-order valence-electron chi connectivity index (χ3n) is 8.31. The first-order valence-corrected chi connectivity index (χ1v) is 14.4. The van der Waals surface area contributed by atoms with E-state index in [1.54, 1.807) is 6.26 Å². The number of fused-ring (bicyclic) bond motifs is 8. The number of furan rings is 1. The summed E-state index contributed by atoms with van der Waals surface area (Å²) in [6.07, 6.45) is 1.79. The second kappa shape index (κ2) is 8.29. The van der Waals surface area contributed by atoms with E-state index in [4.69, 9.17) is 4.42 Å². The SMILES string of the molecule is c1ccc2cc(-c3c4ccccc4c(-c4ccc5c(c4)sc4ccc6ccoc6c45)c4ccccc34)ccc2c1. The number of hydrogen-bond donors (Lipinski definition) is 0. The molecule has 0 N–H and O–H groups in total. The zero-order valence-electron chi connectivity index (χ0n) is 21.5. The van der Waals surface area contributed by atoms with Crippen LogP contribution >= 0.6 is 11.3 Å². The molecule has 0 bridgehead atoms. The first-order valence-electron chi connectivity index (χ1n) is 13.6. The van der Waals surface area contributed by atoms with E-state index in [2.05, 4.69) is 121 Å². The van der Waals surface area contributed by atoms with E-state index in [1.165, 1.54) is 74.7 Å². The lowest BCUT2D eigenvalue weighted by Gasteiger charge is -2.18. The van der Waals surface area contributed by atoms with Crippen molar-refractivity contribution in [3.8, 4) is 22.3 Å². The zero-order chi connectivity index (χ0) is 26.2. The normalized spacial score (nSPS) is 12.0. The molecule has 1 nitrogen and oxygen atoms in total. The van der Waals surface area contributed by atoms with Crippen LogP contribution in [0.25, 0.3) is 85.7 Å². The van der Waals surface area contributed by atoms with Gasteiger partial charge >= 0.3 is 0 Å². The van der Waals surface area contributed by atoms with Crippen LogP contribution in [0, 0.1) is 0 Å². The van der Waals surface area contributed by atoms with Crippen molar-refractivity contribution >= 4 is 74.8 Å². The molecular formula is C38H22OS. The topological polar surface area (TPSA) is 13.1 Å². The van der Waals surface area contributed by atoms with Gasteiger partial charge in [0.05, 0.1) is 6.26 Å². The maximum atomic E-state index is 5.92. The average Bonchev–Trinajstić information content (AvgIpc) is 3.63. The van der Waals surface area contributed by atoms with Gasteiger partial charge in [-0.15, -0.1) is 11.3 Å². The van der Waals surface area contributed by atoms with Gasteiger partial charge in [-0.25, -0.2) is 0 Å². The summed E-state index contributed by atoms with van der Waals surface area (Å²) < 4.78 is 8.46. The van der Waals surface area contributed by atoms with E-state index >= 15 is 0 Å². The smallest absolute Gasteiger partial charge is 0.143 e. The Labute approximate surface area is 234 Å². The van der Waals surface area contributed by atoms with Crippen LogP contribution in [0.1, 0.15) is 0 Å². The van der Waals surface area contributed by atoms with Crippen molar-refractivity contribution in [1.29, 1.82) is 0 Å². The second-order valence-corrected chi connectivity index (χ2v) is 11.6. The van der Waals surface area contributed by atoms with E-state index in [1.807, 2.05) is 17.4 Å². The molecule has 0 saturated carbocycles. The van der Waals surface area contributed by atoms with Crippen molar-refractivity contribution in [2.75, 3.05) is 0 Å². The molecule has 0 atom stereocenters. The van der Waals surface area contributed by atoms with Gasteiger partial charge < -0.3 is 4.42 Å². The molecule has 7 aromatic carbocycles. The van der Waals surface area contributed by atoms with Crippen LogP contribution in [-0.4, -0.2) is 0 Å². The standard InChI is InChI=1S/C38H22OS/c1-2-8-25-21-26(14-13-23(25)7-1)35-28-9-3-5-11-30(28)36(31-12-6-4-10-29(31)35)27-15-17-32-34(22-27)40-33-18-16-24-19-20-39-38(24)37(32)33/h1-22H. The highest BCUT2D eigenvalue weighted by atomic mass is 32.1. The van der Waals surface area contributed by atoms with Crippen LogP contribution in [0.5, 0.6) is 0 Å². The van der Waals surface area contributed by atoms with Crippen molar-refractivity contribution in [3.05, 3.63) is 134 Å². The third-order valence-corrected chi connectivity index (χ3v) is 9.43. The minimum atomic E-state index is 0.979. The minimum Gasteiger partial charge on any atom is -0.464 e. The Balaban J connectivity index is 1.36. The molecule has 0 saturated heterocycles. The Kier molecular flexibility index (Phi) is 4.55. The van der Waals surface area contributed by atoms with Gasteiger partial charge in [0.1, 0.15) is 5.58 Å². The average molecular weight is 527 g/mol. The number of thiophene rings is 1. The van der Waals surface area contributed by atoms with Gasteiger partial charge in [-0.1, -0.05) is 97.1 Å². The van der Waals surface area contributed by atoms with Crippen LogP contribution in [0.15, 0.2) is 138 Å². The molecular weight excluding hydrogens is 504 g/mol. The molecule has 0 aliphatic heterocycles. The molecule has 0 fully saturated rings. The highest BCUT2D eigenvalue weighted by molar-refractivity contribution is 7.26. The van der Waals surface area contributed by atoms with E-state index in [0.29, 0.717) is 0 Å². The molecule has 0 aliphatic carbocycles. The van der Waals surface area contributed by atoms with Crippen LogP contribution in [0.3, 0.4) is 0 Å². The van der Waals surface area contributed by atoms with Gasteiger partial charge in [0.2, 0.25) is 0 Å². The van der Waals surface area contributed by atoms with Crippen LogP contribution in [-0.2, 0) is 0 Å². The molecule has 2 aromatic heterocycles. The maximum Gasteiger partial charge on any atom is 0.143 e. The first-order chi connectivity index (χ1) is 19.8. The van der Waals surface area contributed by atoms with Gasteiger partial charge in [-0.2, -0.15) is 0 Å². The molecule has 0 unspecified atom stereocenters. The lowest BCUT2D eigenvalue weighted by atomic mass is 9.85. The Morgan fingerprint density at radius 2 is 1.02 bits per heavy atom. The molecule has 0 amide bonds. The van der Waals surface area contributed by atoms with Gasteiger partial charge in [-0.05, 0) is 84.9 Å². The molecule has 0 spiro atoms. The fraction of sp³-hybridized carbons (Fsp3) is 0. The lowest BCUT2D eigenvalue weighted by Crippen LogP contribution is -1.90. The van der Waals surface area contributed by atoms with E-state index < -0.39 is 0 Å². The summed E-state index contributed by atoms with van der Waals surface area (Å²) in [5, 5.41) is 11.3. The van der Waals surface area contributed by atoms with E-state index in [-0.39, 0.29) is 0 Å². The molecule has 9 aromatic rings. The highest BCUT2D eigenvalue weighted by Gasteiger charge is 2.18. The predicted molar refractivity (Wildman–Crippen MR) is 172 cm³/mol. The zero-order valence-corrected chi connectivity index (χ0v) is 22.3. The summed E-state index contributed by atoms with van der Waals surface area (Å²) in [6.45, 7) is 0. The molecule has 0 radical (unpaired) electrons. The Bertz CT molecular complexity index is 2380. The molecule has 2 heterocycles. The Hall–Kier alpha value is -4.92. The third kappa shape index (κ3) is 3.08. The quantitative estimate of drug-likeness (QED) is 0.204. The second-order valence-electron chi connectivity index (χ2n) is 10.5. The first kappa shape index (κ1) is 22.0. The van der Waals surface area contributed by atoms with E-state index in [9.17, 15) is 0 Å². The minimum absolute atomic E-state index is 0.979. The fourth-order valence-electron chi connectivity index (χ4n) is 6.54. The van der Waals surface area contributed by atoms with Gasteiger partial charge in [0, 0.05) is 25.6 Å². The summed E-state index contributed by atoms with van der Waals surface area (Å²) in [7, 11) is 0. The largest absolute Gasteiger partial charge is 0.464 e. The summed E-state index contributed by atoms with van der Waals surface area (Å²) in [5.74, 6) is 0.